The van der Waals surface area contributed by atoms with E-state index in [1.807, 2.05) is 72.8 Å². The molecule has 0 saturated heterocycles. The molecule has 1 aliphatic heterocycles. The molecular formula is C25H23ClN2O3S. The summed E-state index contributed by atoms with van der Waals surface area (Å²) in [6, 6.07) is 22.9. The van der Waals surface area contributed by atoms with Gasteiger partial charge in [0, 0.05) is 16.3 Å². The number of carbonyl (C=O) groups excluding carboxylic acids is 1. The van der Waals surface area contributed by atoms with Crippen LogP contribution in [0.5, 0.6) is 11.5 Å². The number of halogens is 1. The average Bonchev–Trinajstić information content (AvgIpc) is 3.29. The number of rotatable bonds is 7. The lowest BCUT2D eigenvalue weighted by Gasteiger charge is -2.22. The quantitative estimate of drug-likeness (QED) is 0.411. The first-order valence-corrected chi connectivity index (χ1v) is 11.5. The summed E-state index contributed by atoms with van der Waals surface area (Å²) in [6.45, 7) is 0. The predicted octanol–water partition coefficient (Wildman–Crippen LogP) is 5.83. The van der Waals surface area contributed by atoms with Gasteiger partial charge in [0.2, 0.25) is 0 Å². The van der Waals surface area contributed by atoms with Crippen LogP contribution in [0.25, 0.3) is 0 Å². The molecular weight excluding hydrogens is 444 g/mol. The van der Waals surface area contributed by atoms with Gasteiger partial charge in [-0.1, -0.05) is 23.7 Å². The molecule has 3 aromatic carbocycles. The normalized spacial score (nSPS) is 15.4. The van der Waals surface area contributed by atoms with Crippen LogP contribution in [-0.4, -0.2) is 36.6 Å². The number of ether oxygens (including phenoxy) is 2. The maximum atomic E-state index is 13.2. The van der Waals surface area contributed by atoms with Gasteiger partial charge in [0.1, 0.15) is 11.5 Å². The molecule has 164 valence electrons. The highest BCUT2D eigenvalue weighted by Crippen LogP contribution is 2.35. The third kappa shape index (κ3) is 5.09. The predicted molar refractivity (Wildman–Crippen MR) is 129 cm³/mol. The van der Waals surface area contributed by atoms with Crippen LogP contribution in [0.1, 0.15) is 23.6 Å². The molecule has 3 aromatic rings. The molecule has 1 amide bonds. The minimum atomic E-state index is -0.170. The molecule has 0 saturated carbocycles. The van der Waals surface area contributed by atoms with Gasteiger partial charge in [-0.15, -0.1) is 11.8 Å². The van der Waals surface area contributed by atoms with E-state index in [0.29, 0.717) is 11.4 Å². The molecule has 5 nitrogen and oxygen atoms in total. The van der Waals surface area contributed by atoms with Crippen molar-refractivity contribution < 1.29 is 14.3 Å². The molecule has 32 heavy (non-hydrogen) atoms. The monoisotopic (exact) mass is 466 g/mol. The maximum Gasteiger partial charge on any atom is 0.253 e. The van der Waals surface area contributed by atoms with E-state index < -0.39 is 0 Å². The van der Waals surface area contributed by atoms with Crippen LogP contribution < -0.4 is 9.47 Å². The number of methoxy groups -OCH3 is 2. The van der Waals surface area contributed by atoms with Gasteiger partial charge in [0.25, 0.3) is 5.91 Å². The summed E-state index contributed by atoms with van der Waals surface area (Å²) in [5.41, 5.74) is 2.87. The number of hydrogen-bond acceptors (Lipinski definition) is 5. The minimum Gasteiger partial charge on any atom is -0.497 e. The van der Waals surface area contributed by atoms with Crippen LogP contribution in [0.15, 0.2) is 82.8 Å². The number of amides is 1. The van der Waals surface area contributed by atoms with Crippen molar-refractivity contribution in [2.75, 3.05) is 20.0 Å². The summed E-state index contributed by atoms with van der Waals surface area (Å²) >= 11 is 7.43. The van der Waals surface area contributed by atoms with Crippen molar-refractivity contribution >= 4 is 35.0 Å². The first kappa shape index (κ1) is 22.2. The first-order valence-electron chi connectivity index (χ1n) is 10.1. The SMILES string of the molecule is COc1ccc(C2=NN(C(=O)CSc3ccc(Cl)cc3)[C@H](c3ccc(OC)cc3)C2)cc1. The van der Waals surface area contributed by atoms with Crippen molar-refractivity contribution in [3.63, 3.8) is 0 Å². The number of benzene rings is 3. The van der Waals surface area contributed by atoms with Crippen LogP contribution >= 0.6 is 23.4 Å². The molecule has 4 rings (SSSR count). The summed E-state index contributed by atoms with van der Waals surface area (Å²) in [4.78, 5) is 14.2. The van der Waals surface area contributed by atoms with Crippen molar-refractivity contribution in [3.8, 4) is 11.5 Å². The second kappa shape index (κ2) is 10.1. The molecule has 0 spiro atoms. The van der Waals surface area contributed by atoms with Gasteiger partial charge in [0.15, 0.2) is 0 Å². The zero-order valence-corrected chi connectivity index (χ0v) is 19.4. The molecule has 0 radical (unpaired) electrons. The van der Waals surface area contributed by atoms with Gasteiger partial charge in [-0.2, -0.15) is 5.10 Å². The van der Waals surface area contributed by atoms with Crippen molar-refractivity contribution in [2.24, 2.45) is 5.10 Å². The van der Waals surface area contributed by atoms with Crippen LogP contribution in [0.4, 0.5) is 0 Å². The van der Waals surface area contributed by atoms with E-state index in [-0.39, 0.29) is 17.7 Å². The van der Waals surface area contributed by atoms with Gasteiger partial charge in [-0.3, -0.25) is 4.79 Å². The summed E-state index contributed by atoms with van der Waals surface area (Å²) in [7, 11) is 3.28. The van der Waals surface area contributed by atoms with Gasteiger partial charge in [-0.25, -0.2) is 5.01 Å². The highest BCUT2D eigenvalue weighted by molar-refractivity contribution is 8.00. The van der Waals surface area contributed by atoms with Crippen molar-refractivity contribution in [1.82, 2.24) is 5.01 Å². The Morgan fingerprint density at radius 3 is 2.16 bits per heavy atom. The van der Waals surface area contributed by atoms with Gasteiger partial charge < -0.3 is 9.47 Å². The highest BCUT2D eigenvalue weighted by Gasteiger charge is 2.33. The smallest absolute Gasteiger partial charge is 0.253 e. The Balaban J connectivity index is 1.57. The Morgan fingerprint density at radius 2 is 1.56 bits per heavy atom. The lowest BCUT2D eigenvalue weighted by Crippen LogP contribution is -2.28. The lowest BCUT2D eigenvalue weighted by molar-refractivity contribution is -0.130. The molecule has 0 fully saturated rings. The second-order valence-corrected chi connectivity index (χ2v) is 8.73. The zero-order valence-electron chi connectivity index (χ0n) is 17.8. The summed E-state index contributed by atoms with van der Waals surface area (Å²) in [5, 5.41) is 7.02. The van der Waals surface area contributed by atoms with E-state index in [1.165, 1.54) is 11.8 Å². The van der Waals surface area contributed by atoms with E-state index >= 15 is 0 Å². The Bertz CT molecular complexity index is 1100. The Hall–Kier alpha value is -2.96. The van der Waals surface area contributed by atoms with Crippen LogP contribution in [0.2, 0.25) is 5.02 Å². The number of nitrogens with zero attached hydrogens (tertiary/aromatic N) is 2. The largest absolute Gasteiger partial charge is 0.497 e. The van der Waals surface area contributed by atoms with Crippen LogP contribution in [0.3, 0.4) is 0 Å². The Labute approximate surface area is 197 Å². The van der Waals surface area contributed by atoms with E-state index in [4.69, 9.17) is 26.2 Å². The summed E-state index contributed by atoms with van der Waals surface area (Å²) in [6.07, 6.45) is 0.635. The minimum absolute atomic E-state index is 0.0470. The fourth-order valence-electron chi connectivity index (χ4n) is 3.53. The number of hydrazone groups is 1. The van der Waals surface area contributed by atoms with Gasteiger partial charge >= 0.3 is 0 Å². The fraction of sp³-hybridized carbons (Fsp3) is 0.200. The van der Waals surface area contributed by atoms with E-state index in [9.17, 15) is 4.79 Å². The molecule has 7 heteroatoms. The first-order chi connectivity index (χ1) is 15.6. The van der Waals surface area contributed by atoms with E-state index in [1.54, 1.807) is 19.2 Å². The van der Waals surface area contributed by atoms with Crippen molar-refractivity contribution in [2.45, 2.75) is 17.4 Å². The summed E-state index contributed by atoms with van der Waals surface area (Å²) in [5.74, 6) is 1.80. The molecule has 0 N–H and O–H groups in total. The number of hydrogen-bond donors (Lipinski definition) is 0. The molecule has 1 atom stereocenters. The third-order valence-corrected chi connectivity index (χ3v) is 6.51. The second-order valence-electron chi connectivity index (χ2n) is 7.25. The van der Waals surface area contributed by atoms with Crippen LogP contribution in [0, 0.1) is 0 Å². The lowest BCUT2D eigenvalue weighted by atomic mass is 9.98. The van der Waals surface area contributed by atoms with Gasteiger partial charge in [-0.05, 0) is 71.8 Å². The van der Waals surface area contributed by atoms with Gasteiger partial charge in [0.05, 0.1) is 31.7 Å². The fourth-order valence-corrected chi connectivity index (χ4v) is 4.40. The molecule has 0 unspecified atom stereocenters. The zero-order chi connectivity index (χ0) is 22.5. The van der Waals surface area contributed by atoms with Crippen molar-refractivity contribution in [1.29, 1.82) is 0 Å². The number of carbonyl (C=O) groups is 1. The Morgan fingerprint density at radius 1 is 0.969 bits per heavy atom. The molecule has 0 aliphatic carbocycles. The van der Waals surface area contributed by atoms with Crippen LogP contribution in [-0.2, 0) is 4.79 Å². The highest BCUT2D eigenvalue weighted by atomic mass is 35.5. The number of thioether (sulfide) groups is 1. The van der Waals surface area contributed by atoms with E-state index in [0.717, 1.165) is 33.2 Å². The standard InChI is InChI=1S/C25H23ClN2O3S/c1-30-20-9-3-17(4-10-20)23-15-24(18-5-11-21(31-2)12-6-18)28(27-23)25(29)16-32-22-13-7-19(26)8-14-22/h3-14,24H,15-16H2,1-2H3/t24-/m0/s1. The maximum absolute atomic E-state index is 13.2. The summed E-state index contributed by atoms with van der Waals surface area (Å²) < 4.78 is 10.5. The molecule has 0 bridgehead atoms. The molecule has 1 heterocycles. The average molecular weight is 467 g/mol. The Kier molecular flexibility index (Phi) is 7.02. The van der Waals surface area contributed by atoms with E-state index in [2.05, 4.69) is 0 Å². The molecule has 0 aromatic heterocycles. The topological polar surface area (TPSA) is 51.1 Å². The van der Waals surface area contributed by atoms with Crippen molar-refractivity contribution in [3.05, 3.63) is 88.9 Å². The molecule has 1 aliphatic rings. The third-order valence-electron chi connectivity index (χ3n) is 5.27.